The van der Waals surface area contributed by atoms with E-state index in [2.05, 4.69) is 9.47 Å². The van der Waals surface area contributed by atoms with Crippen molar-refractivity contribution in [3.63, 3.8) is 0 Å². The molecule has 0 aromatic carbocycles. The standard InChI is InChI=1S/C10H18O4/c1-7(8(11)13-4)6-10(2,3)9(12)14-5/h7H,6H2,1-5H3/t7-/m1/s1. The van der Waals surface area contributed by atoms with E-state index in [0.29, 0.717) is 6.42 Å². The van der Waals surface area contributed by atoms with Gasteiger partial charge in [0, 0.05) is 0 Å². The van der Waals surface area contributed by atoms with Gasteiger partial charge in [0.2, 0.25) is 0 Å². The van der Waals surface area contributed by atoms with Crippen molar-refractivity contribution in [2.24, 2.45) is 11.3 Å². The van der Waals surface area contributed by atoms with Crippen molar-refractivity contribution in [2.45, 2.75) is 27.2 Å². The van der Waals surface area contributed by atoms with Crippen molar-refractivity contribution < 1.29 is 19.1 Å². The van der Waals surface area contributed by atoms with Gasteiger partial charge in [0.1, 0.15) is 0 Å². The molecule has 0 radical (unpaired) electrons. The van der Waals surface area contributed by atoms with E-state index in [0.717, 1.165) is 0 Å². The Morgan fingerprint density at radius 1 is 1.21 bits per heavy atom. The van der Waals surface area contributed by atoms with E-state index in [1.807, 2.05) is 0 Å². The fourth-order valence-corrected chi connectivity index (χ4v) is 1.41. The second-order valence-electron chi connectivity index (χ2n) is 4.00. The van der Waals surface area contributed by atoms with Gasteiger partial charge < -0.3 is 9.47 Å². The lowest BCUT2D eigenvalue weighted by molar-refractivity contribution is -0.154. The van der Waals surface area contributed by atoms with Gasteiger partial charge in [0.25, 0.3) is 0 Å². The van der Waals surface area contributed by atoms with E-state index in [1.54, 1.807) is 20.8 Å². The molecule has 0 bridgehead atoms. The predicted molar refractivity (Wildman–Crippen MR) is 51.6 cm³/mol. The van der Waals surface area contributed by atoms with Crippen LogP contribution in [-0.2, 0) is 19.1 Å². The van der Waals surface area contributed by atoms with Crippen LogP contribution in [-0.4, -0.2) is 26.2 Å². The first-order valence-corrected chi connectivity index (χ1v) is 4.51. The van der Waals surface area contributed by atoms with Crippen LogP contribution in [0.3, 0.4) is 0 Å². The monoisotopic (exact) mass is 202 g/mol. The highest BCUT2D eigenvalue weighted by Crippen LogP contribution is 2.27. The number of carbonyl (C=O) groups excluding carboxylic acids is 2. The van der Waals surface area contributed by atoms with Gasteiger partial charge in [0.05, 0.1) is 25.6 Å². The highest BCUT2D eigenvalue weighted by Gasteiger charge is 2.33. The molecule has 82 valence electrons. The SMILES string of the molecule is COC(=O)[C@H](C)CC(C)(C)C(=O)OC. The van der Waals surface area contributed by atoms with Crippen LogP contribution >= 0.6 is 0 Å². The first-order valence-electron chi connectivity index (χ1n) is 4.51. The number of methoxy groups -OCH3 is 2. The summed E-state index contributed by atoms with van der Waals surface area (Å²) in [5, 5.41) is 0. The summed E-state index contributed by atoms with van der Waals surface area (Å²) < 4.78 is 9.22. The molecule has 0 heterocycles. The minimum absolute atomic E-state index is 0.297. The Labute approximate surface area is 84.6 Å². The molecule has 14 heavy (non-hydrogen) atoms. The molecule has 0 aromatic heterocycles. The fraction of sp³-hybridized carbons (Fsp3) is 0.800. The van der Waals surface area contributed by atoms with E-state index in [4.69, 9.17) is 0 Å². The summed E-state index contributed by atoms with van der Waals surface area (Å²) in [6.45, 7) is 5.23. The van der Waals surface area contributed by atoms with Crippen LogP contribution in [0.2, 0.25) is 0 Å². The molecule has 0 fully saturated rings. The first-order chi connectivity index (χ1) is 6.35. The molecule has 0 N–H and O–H groups in total. The Hall–Kier alpha value is -1.06. The molecule has 0 aliphatic heterocycles. The van der Waals surface area contributed by atoms with Gasteiger partial charge >= 0.3 is 11.9 Å². The zero-order valence-corrected chi connectivity index (χ0v) is 9.42. The molecule has 0 saturated heterocycles. The molecule has 4 nitrogen and oxygen atoms in total. The third kappa shape index (κ3) is 3.36. The maximum atomic E-state index is 11.3. The molecule has 4 heteroatoms. The smallest absolute Gasteiger partial charge is 0.311 e. The summed E-state index contributed by atoms with van der Waals surface area (Å²) in [4.78, 5) is 22.4. The van der Waals surface area contributed by atoms with Gasteiger partial charge in [-0.25, -0.2) is 0 Å². The zero-order valence-electron chi connectivity index (χ0n) is 9.42. The average molecular weight is 202 g/mol. The summed E-state index contributed by atoms with van der Waals surface area (Å²) in [5.41, 5.74) is -0.650. The normalized spacial score (nSPS) is 13.2. The number of hydrogen-bond donors (Lipinski definition) is 0. The van der Waals surface area contributed by atoms with E-state index < -0.39 is 5.41 Å². The fourth-order valence-electron chi connectivity index (χ4n) is 1.41. The average Bonchev–Trinajstić information content (AvgIpc) is 2.14. The predicted octanol–water partition coefficient (Wildman–Crippen LogP) is 1.38. The number of ether oxygens (including phenoxy) is 2. The Balaban J connectivity index is 4.35. The van der Waals surface area contributed by atoms with E-state index in [9.17, 15) is 9.59 Å². The minimum Gasteiger partial charge on any atom is -0.469 e. The highest BCUT2D eigenvalue weighted by atomic mass is 16.5. The Morgan fingerprint density at radius 3 is 2.07 bits per heavy atom. The molecule has 0 aliphatic carbocycles. The van der Waals surface area contributed by atoms with E-state index >= 15 is 0 Å². The van der Waals surface area contributed by atoms with Crippen LogP contribution in [0.1, 0.15) is 27.2 Å². The second kappa shape index (κ2) is 4.98. The van der Waals surface area contributed by atoms with Crippen molar-refractivity contribution in [1.82, 2.24) is 0 Å². The van der Waals surface area contributed by atoms with Crippen LogP contribution in [0.5, 0.6) is 0 Å². The quantitative estimate of drug-likeness (QED) is 0.646. The molecule has 0 spiro atoms. The highest BCUT2D eigenvalue weighted by molar-refractivity contribution is 5.78. The topological polar surface area (TPSA) is 52.6 Å². The van der Waals surface area contributed by atoms with Crippen molar-refractivity contribution >= 4 is 11.9 Å². The lowest BCUT2D eigenvalue weighted by Gasteiger charge is -2.23. The molecule has 0 aliphatic rings. The third-order valence-electron chi connectivity index (χ3n) is 2.16. The van der Waals surface area contributed by atoms with Gasteiger partial charge in [0.15, 0.2) is 0 Å². The van der Waals surface area contributed by atoms with Crippen molar-refractivity contribution in [1.29, 1.82) is 0 Å². The zero-order chi connectivity index (χ0) is 11.4. The summed E-state index contributed by atoms with van der Waals surface area (Å²) in [6, 6.07) is 0. The molecular formula is C10H18O4. The van der Waals surface area contributed by atoms with Gasteiger partial charge in [-0.05, 0) is 20.3 Å². The molecule has 1 atom stereocenters. The maximum absolute atomic E-state index is 11.3. The van der Waals surface area contributed by atoms with Gasteiger partial charge in [-0.3, -0.25) is 9.59 Å². The Bertz CT molecular complexity index is 220. The van der Waals surface area contributed by atoms with Crippen molar-refractivity contribution in [3.8, 4) is 0 Å². The van der Waals surface area contributed by atoms with Crippen LogP contribution in [0.15, 0.2) is 0 Å². The molecule has 0 unspecified atom stereocenters. The lowest BCUT2D eigenvalue weighted by atomic mass is 9.83. The number of carbonyl (C=O) groups is 2. The summed E-state index contributed by atoms with van der Waals surface area (Å²) >= 11 is 0. The molecule has 0 aromatic rings. The summed E-state index contributed by atoms with van der Waals surface area (Å²) in [7, 11) is 2.68. The van der Waals surface area contributed by atoms with Gasteiger partial charge in [-0.1, -0.05) is 6.92 Å². The van der Waals surface area contributed by atoms with Gasteiger partial charge in [-0.2, -0.15) is 0 Å². The van der Waals surface area contributed by atoms with Crippen LogP contribution in [0, 0.1) is 11.3 Å². The van der Waals surface area contributed by atoms with Crippen molar-refractivity contribution in [2.75, 3.05) is 14.2 Å². The summed E-state index contributed by atoms with van der Waals surface area (Å²) in [6.07, 6.45) is 0.423. The number of rotatable bonds is 4. The summed E-state index contributed by atoms with van der Waals surface area (Å²) in [5.74, 6) is -0.913. The Morgan fingerprint density at radius 2 is 1.71 bits per heavy atom. The first kappa shape index (κ1) is 12.9. The lowest BCUT2D eigenvalue weighted by Crippen LogP contribution is -2.30. The van der Waals surface area contributed by atoms with Crippen LogP contribution in [0.25, 0.3) is 0 Å². The van der Waals surface area contributed by atoms with E-state index in [-0.39, 0.29) is 17.9 Å². The second-order valence-corrected chi connectivity index (χ2v) is 4.00. The molecular weight excluding hydrogens is 184 g/mol. The van der Waals surface area contributed by atoms with Crippen molar-refractivity contribution in [3.05, 3.63) is 0 Å². The molecule has 0 rings (SSSR count). The van der Waals surface area contributed by atoms with Gasteiger partial charge in [-0.15, -0.1) is 0 Å². The maximum Gasteiger partial charge on any atom is 0.311 e. The van der Waals surface area contributed by atoms with Crippen LogP contribution < -0.4 is 0 Å². The number of hydrogen-bond acceptors (Lipinski definition) is 4. The Kier molecular flexibility index (Phi) is 4.60. The molecule has 0 saturated carbocycles. The van der Waals surface area contributed by atoms with E-state index in [1.165, 1.54) is 14.2 Å². The third-order valence-corrected chi connectivity index (χ3v) is 2.16. The minimum atomic E-state index is -0.650. The largest absolute Gasteiger partial charge is 0.469 e. The number of esters is 2. The van der Waals surface area contributed by atoms with Crippen LogP contribution in [0.4, 0.5) is 0 Å². The molecule has 0 amide bonds.